The fourth-order valence-electron chi connectivity index (χ4n) is 0.662. The van der Waals surface area contributed by atoms with Gasteiger partial charge in [0.25, 0.3) is 0 Å². The van der Waals surface area contributed by atoms with Gasteiger partial charge in [0.05, 0.1) is 0 Å². The fourth-order valence-corrected chi connectivity index (χ4v) is 1.30. The van der Waals surface area contributed by atoms with Crippen molar-refractivity contribution < 1.29 is 35.1 Å². The Bertz CT molecular complexity index is 209. The smallest absolute Gasteiger partial charge is 0 e. The van der Waals surface area contributed by atoms with Crippen LogP contribution in [-0.2, 0) is 20.4 Å². The van der Waals surface area contributed by atoms with Gasteiger partial charge in [0.1, 0.15) is 0 Å². The first-order valence-corrected chi connectivity index (χ1v) is 4.67. The van der Waals surface area contributed by atoms with Gasteiger partial charge in [-0.15, -0.1) is 0 Å². The van der Waals surface area contributed by atoms with E-state index in [4.69, 9.17) is 14.7 Å². The summed E-state index contributed by atoms with van der Waals surface area (Å²) in [5.41, 5.74) is 0. The van der Waals surface area contributed by atoms with Gasteiger partial charge in [0, 0.05) is 20.4 Å². The maximum Gasteiger partial charge on any atom is 0 e. The summed E-state index contributed by atoms with van der Waals surface area (Å²) in [4.78, 5) is 26.2. The van der Waals surface area contributed by atoms with E-state index in [1.165, 1.54) is 12.1 Å². The molecule has 0 saturated carbocycles. The van der Waals surface area contributed by atoms with Gasteiger partial charge in [-0.1, -0.05) is 0 Å². The van der Waals surface area contributed by atoms with Gasteiger partial charge in [-0.05, 0) is 0 Å². The Hall–Kier alpha value is 0.192. The van der Waals surface area contributed by atoms with Crippen molar-refractivity contribution in [2.24, 2.45) is 0 Å². The maximum absolute atomic E-state index is 8.74. The molecule has 1 rings (SSSR count). The van der Waals surface area contributed by atoms with Crippen molar-refractivity contribution in [3.05, 3.63) is 30.3 Å². The quantitative estimate of drug-likeness (QED) is 0.487. The molecule has 0 saturated heterocycles. The predicted molar refractivity (Wildman–Crippen MR) is 41.0 cm³/mol. The van der Waals surface area contributed by atoms with Crippen LogP contribution < -0.4 is 5.30 Å². The van der Waals surface area contributed by atoms with Crippen molar-refractivity contribution in [2.75, 3.05) is 0 Å². The molecule has 0 aliphatic rings. The Morgan fingerprint density at radius 3 is 1.64 bits per heavy atom. The maximum atomic E-state index is 8.74. The molecule has 3 nitrogen and oxygen atoms in total. The first-order chi connectivity index (χ1) is 4.61. The molecule has 0 aromatic heterocycles. The van der Waals surface area contributed by atoms with Crippen molar-refractivity contribution >= 4 is 13.2 Å². The zero-order chi connectivity index (χ0) is 7.61. The predicted octanol–water partition coefficient (Wildman–Crippen LogP) is -0.219. The Kier molecular flexibility index (Phi) is 4.35. The second-order valence-electron chi connectivity index (χ2n) is 2.00. The van der Waals surface area contributed by atoms with Crippen LogP contribution in [0.1, 0.15) is 0 Å². The Morgan fingerprint density at radius 1 is 0.909 bits per heavy atom. The molecule has 5 heteroatoms. The number of hydrogen-bond acceptors (Lipinski definition) is 3. The first-order valence-electron chi connectivity index (χ1n) is 2.83. The average molecular weight is 267 g/mol. The monoisotopic (exact) mass is 266 g/mol. The third-order valence-electron chi connectivity index (χ3n) is 1.16. The summed E-state index contributed by atoms with van der Waals surface area (Å²) >= 11 is 0. The van der Waals surface area contributed by atoms with Gasteiger partial charge < -0.3 is 0 Å². The van der Waals surface area contributed by atoms with E-state index in [0.717, 1.165) is 0 Å². The van der Waals surface area contributed by atoms with Crippen LogP contribution in [-0.4, -0.2) is 14.7 Å². The van der Waals surface area contributed by atoms with Gasteiger partial charge in [-0.2, -0.15) is 0 Å². The van der Waals surface area contributed by atoms with E-state index < -0.39 is 7.94 Å². The summed E-state index contributed by atoms with van der Waals surface area (Å²) in [7, 11) is -4.03. The molecule has 3 N–H and O–H groups in total. The van der Waals surface area contributed by atoms with Crippen LogP contribution in [0.3, 0.4) is 0 Å². The molecule has 0 aliphatic carbocycles. The molecular formula is C6H9O3PPd. The minimum Gasteiger partial charge on any atom is 0 e. The van der Waals surface area contributed by atoms with Crippen molar-refractivity contribution in [1.82, 2.24) is 0 Å². The molecule has 0 spiro atoms. The zero-order valence-corrected chi connectivity index (χ0v) is 8.10. The molecule has 0 heterocycles. The summed E-state index contributed by atoms with van der Waals surface area (Å²) in [6.07, 6.45) is 0. The van der Waals surface area contributed by atoms with Gasteiger partial charge in [-0.25, -0.2) is 0 Å². The fraction of sp³-hybridized carbons (Fsp3) is 0. The molecule has 0 amide bonds. The van der Waals surface area contributed by atoms with Crippen molar-refractivity contribution in [1.29, 1.82) is 0 Å². The van der Waals surface area contributed by atoms with E-state index in [-0.39, 0.29) is 25.7 Å². The zero-order valence-electron chi connectivity index (χ0n) is 5.54. The molecule has 0 radical (unpaired) electrons. The number of rotatable bonds is 1. The van der Waals surface area contributed by atoms with Crippen LogP contribution in [0.4, 0.5) is 0 Å². The van der Waals surface area contributed by atoms with Crippen LogP contribution in [0.15, 0.2) is 30.3 Å². The Balaban J connectivity index is 0.000001000. The van der Waals surface area contributed by atoms with Gasteiger partial charge in [-0.3, -0.25) is 0 Å². The van der Waals surface area contributed by atoms with Crippen molar-refractivity contribution in [3.63, 3.8) is 0 Å². The number of benzene rings is 1. The van der Waals surface area contributed by atoms with Crippen LogP contribution in [0.5, 0.6) is 0 Å². The minimum absolute atomic E-state index is 0. The van der Waals surface area contributed by atoms with Crippen LogP contribution >= 0.6 is 7.94 Å². The minimum atomic E-state index is -4.03. The number of hydrogen-bond donors (Lipinski definition) is 3. The Labute approximate surface area is 78.9 Å². The molecular weight excluding hydrogens is 257 g/mol. The molecule has 0 aliphatic heterocycles. The van der Waals surface area contributed by atoms with Gasteiger partial charge >= 0.3 is 58.3 Å². The molecule has 11 heavy (non-hydrogen) atoms. The van der Waals surface area contributed by atoms with E-state index >= 15 is 0 Å². The standard InChI is InChI=1S/C6H9O3P.Pd/c7-10(8,9)6-4-2-1-3-5-6;/h1-5,7-10H;. The summed E-state index contributed by atoms with van der Waals surface area (Å²) in [6, 6.07) is 7.97. The normalized spacial score (nSPS) is 11.9. The molecule has 0 atom stereocenters. The van der Waals surface area contributed by atoms with Crippen molar-refractivity contribution in [3.8, 4) is 0 Å². The second kappa shape index (κ2) is 4.28. The summed E-state index contributed by atoms with van der Waals surface area (Å²) in [5.74, 6) is 0. The first kappa shape index (κ1) is 11.2. The van der Waals surface area contributed by atoms with E-state index in [1.807, 2.05) is 0 Å². The van der Waals surface area contributed by atoms with E-state index in [1.54, 1.807) is 18.2 Å². The molecule has 66 valence electrons. The topological polar surface area (TPSA) is 60.7 Å². The Morgan fingerprint density at radius 2 is 1.36 bits per heavy atom. The summed E-state index contributed by atoms with van der Waals surface area (Å²) < 4.78 is 0. The molecule has 0 bridgehead atoms. The third kappa shape index (κ3) is 3.40. The van der Waals surface area contributed by atoms with E-state index in [0.29, 0.717) is 0 Å². The average Bonchev–Trinajstić information content (AvgIpc) is 1.88. The van der Waals surface area contributed by atoms with Crippen LogP contribution in [0.2, 0.25) is 0 Å². The molecule has 1 aromatic rings. The molecule has 1 aromatic carbocycles. The van der Waals surface area contributed by atoms with E-state index in [9.17, 15) is 0 Å². The van der Waals surface area contributed by atoms with Crippen molar-refractivity contribution in [2.45, 2.75) is 0 Å². The van der Waals surface area contributed by atoms with Crippen LogP contribution in [0.25, 0.3) is 0 Å². The summed E-state index contributed by atoms with van der Waals surface area (Å²) in [6.45, 7) is 0. The second-order valence-corrected chi connectivity index (χ2v) is 3.85. The van der Waals surface area contributed by atoms with Gasteiger partial charge in [0.15, 0.2) is 0 Å². The largest absolute Gasteiger partial charge is 0 e. The molecule has 0 unspecified atom stereocenters. The third-order valence-corrected chi connectivity index (χ3v) is 2.27. The van der Waals surface area contributed by atoms with E-state index in [2.05, 4.69) is 0 Å². The molecule has 0 fully saturated rings. The summed E-state index contributed by atoms with van der Waals surface area (Å²) in [5, 5.41) is 0.204. The van der Waals surface area contributed by atoms with Gasteiger partial charge in [0.2, 0.25) is 0 Å². The van der Waals surface area contributed by atoms with Crippen LogP contribution in [0, 0.1) is 0 Å². The SMILES string of the molecule is O[PH](O)(O)c1ccccc1.[Pd].